The summed E-state index contributed by atoms with van der Waals surface area (Å²) >= 11 is 0. The van der Waals surface area contributed by atoms with Crippen LogP contribution >= 0.6 is 0 Å². The predicted octanol–water partition coefficient (Wildman–Crippen LogP) is 3.51. The van der Waals surface area contributed by atoms with E-state index in [1.54, 1.807) is 31.3 Å². The van der Waals surface area contributed by atoms with Crippen LogP contribution in [0.2, 0.25) is 0 Å². The van der Waals surface area contributed by atoms with Crippen LogP contribution in [0.3, 0.4) is 0 Å². The summed E-state index contributed by atoms with van der Waals surface area (Å²) < 4.78 is 0. The Morgan fingerprint density at radius 2 is 1.81 bits per heavy atom. The minimum absolute atomic E-state index is 0.157. The Balaban J connectivity index is 1.63. The number of carbonyl (C=O) groups excluding carboxylic acids is 3. The molecular weight excluding hydrogens is 340 g/mol. The van der Waals surface area contributed by atoms with E-state index in [2.05, 4.69) is 19.9 Å². The average molecular weight is 366 g/mol. The van der Waals surface area contributed by atoms with E-state index >= 15 is 0 Å². The van der Waals surface area contributed by atoms with Crippen molar-refractivity contribution >= 4 is 17.7 Å². The van der Waals surface area contributed by atoms with E-state index < -0.39 is 11.6 Å². The molecule has 1 aromatic carbocycles. The lowest BCUT2D eigenvalue weighted by molar-refractivity contribution is -0.132. The molecule has 142 valence electrons. The maximum atomic E-state index is 13.4. The lowest BCUT2D eigenvalue weighted by Crippen LogP contribution is -2.57. The second kappa shape index (κ2) is 5.78. The zero-order valence-corrected chi connectivity index (χ0v) is 16.4. The molecule has 1 aromatic rings. The van der Waals surface area contributed by atoms with Gasteiger partial charge in [-0.15, -0.1) is 0 Å². The zero-order chi connectivity index (χ0) is 19.6. The molecule has 2 fully saturated rings. The second-order valence-electron chi connectivity index (χ2n) is 8.80. The van der Waals surface area contributed by atoms with Gasteiger partial charge in [-0.2, -0.15) is 0 Å². The van der Waals surface area contributed by atoms with Crippen LogP contribution in [0.5, 0.6) is 0 Å². The van der Waals surface area contributed by atoms with Crippen molar-refractivity contribution in [3.63, 3.8) is 0 Å². The molecule has 1 saturated carbocycles. The molecule has 27 heavy (non-hydrogen) atoms. The van der Waals surface area contributed by atoms with Crippen molar-refractivity contribution < 1.29 is 14.4 Å². The fourth-order valence-corrected chi connectivity index (χ4v) is 5.07. The molecule has 0 spiro atoms. The van der Waals surface area contributed by atoms with E-state index in [-0.39, 0.29) is 23.7 Å². The van der Waals surface area contributed by atoms with Crippen LogP contribution in [-0.2, 0) is 4.79 Å². The second-order valence-corrected chi connectivity index (χ2v) is 8.80. The van der Waals surface area contributed by atoms with E-state index in [9.17, 15) is 14.4 Å². The summed E-state index contributed by atoms with van der Waals surface area (Å²) in [6.07, 6.45) is 4.19. The van der Waals surface area contributed by atoms with Gasteiger partial charge in [-0.05, 0) is 42.6 Å². The summed E-state index contributed by atoms with van der Waals surface area (Å²) in [7, 11) is 1.67. The highest BCUT2D eigenvalue weighted by Gasteiger charge is 2.62. The molecule has 3 amide bonds. The quantitative estimate of drug-likeness (QED) is 0.465. The van der Waals surface area contributed by atoms with Gasteiger partial charge in [-0.25, -0.2) is 4.79 Å². The number of allylic oxidation sites excluding steroid dienone is 1. The molecule has 0 radical (unpaired) electrons. The minimum atomic E-state index is -0.999. The Kier molecular flexibility index (Phi) is 3.85. The van der Waals surface area contributed by atoms with Crippen LogP contribution in [0.25, 0.3) is 0 Å². The number of carbonyl (C=O) groups is 3. The van der Waals surface area contributed by atoms with Gasteiger partial charge in [0.25, 0.3) is 5.91 Å². The lowest BCUT2D eigenvalue weighted by atomic mass is 9.47. The molecule has 5 rings (SSSR count). The highest BCUT2D eigenvalue weighted by molar-refractivity contribution is 6.12. The minimum Gasteiger partial charge on any atom is -0.309 e. The Morgan fingerprint density at radius 3 is 2.41 bits per heavy atom. The van der Waals surface area contributed by atoms with Gasteiger partial charge in [0.05, 0.1) is 6.54 Å². The summed E-state index contributed by atoms with van der Waals surface area (Å²) in [5.74, 6) is 0.455. The third-order valence-corrected chi connectivity index (χ3v) is 7.28. The smallest absolute Gasteiger partial charge is 0.309 e. The Hall–Kier alpha value is -2.43. The molecular formula is C22H26N2O3. The Labute approximate surface area is 160 Å². The molecule has 3 atom stereocenters. The number of likely N-dealkylation sites (N-methyl/N-ethyl adjacent to an activating group) is 1. The monoisotopic (exact) mass is 366 g/mol. The van der Waals surface area contributed by atoms with Gasteiger partial charge in [0, 0.05) is 12.6 Å². The van der Waals surface area contributed by atoms with Crippen LogP contribution in [0.15, 0.2) is 42.0 Å². The van der Waals surface area contributed by atoms with E-state index in [0.717, 1.165) is 23.3 Å². The molecule has 0 N–H and O–H groups in total. The fourth-order valence-electron chi connectivity index (χ4n) is 5.07. The van der Waals surface area contributed by atoms with Crippen molar-refractivity contribution in [2.24, 2.45) is 17.3 Å². The SMILES string of the molecule is CN1C(=O)N(CC(=O)c2ccccc2)C(=O)C1(C)C1=CC[C@H]2C[C@H]1C2(C)C. The normalized spacial score (nSPS) is 31.6. The summed E-state index contributed by atoms with van der Waals surface area (Å²) in [6, 6.07) is 8.40. The fraction of sp³-hybridized carbons (Fsp3) is 0.500. The number of benzene rings is 1. The van der Waals surface area contributed by atoms with Gasteiger partial charge in [0.2, 0.25) is 0 Å². The highest BCUT2D eigenvalue weighted by atomic mass is 16.2. The molecule has 1 heterocycles. The van der Waals surface area contributed by atoms with Crippen molar-refractivity contribution in [1.82, 2.24) is 9.80 Å². The van der Waals surface area contributed by atoms with Crippen LogP contribution in [0.1, 0.15) is 44.0 Å². The summed E-state index contributed by atoms with van der Waals surface area (Å²) in [5.41, 5.74) is 0.714. The number of imide groups is 1. The number of hydrogen-bond donors (Lipinski definition) is 0. The molecule has 2 bridgehead atoms. The van der Waals surface area contributed by atoms with Crippen molar-refractivity contribution in [1.29, 1.82) is 0 Å². The first-order valence-electron chi connectivity index (χ1n) is 9.57. The average Bonchev–Trinajstić information content (AvgIpc) is 2.84. The number of hydrogen-bond acceptors (Lipinski definition) is 3. The number of urea groups is 1. The lowest BCUT2D eigenvalue weighted by Gasteiger charge is -2.59. The zero-order valence-electron chi connectivity index (χ0n) is 16.4. The van der Waals surface area contributed by atoms with E-state index in [1.165, 1.54) is 4.90 Å². The van der Waals surface area contributed by atoms with E-state index in [0.29, 0.717) is 17.4 Å². The number of rotatable bonds is 4. The van der Waals surface area contributed by atoms with Crippen LogP contribution < -0.4 is 0 Å². The summed E-state index contributed by atoms with van der Waals surface area (Å²) in [6.45, 7) is 6.12. The van der Waals surface area contributed by atoms with Gasteiger partial charge in [0.15, 0.2) is 5.78 Å². The van der Waals surface area contributed by atoms with Crippen LogP contribution in [-0.4, -0.2) is 46.7 Å². The van der Waals surface area contributed by atoms with Crippen molar-refractivity contribution in [3.8, 4) is 0 Å². The largest absolute Gasteiger partial charge is 0.328 e. The molecule has 0 aromatic heterocycles. The molecule has 4 aliphatic rings. The van der Waals surface area contributed by atoms with E-state index in [4.69, 9.17) is 0 Å². The van der Waals surface area contributed by atoms with Crippen LogP contribution in [0.4, 0.5) is 4.79 Å². The number of Topliss-reactive ketones (excluding diaryl/α,β-unsaturated/α-hetero) is 1. The van der Waals surface area contributed by atoms with Crippen molar-refractivity contribution in [2.45, 2.75) is 39.2 Å². The number of amides is 3. The predicted molar refractivity (Wildman–Crippen MR) is 102 cm³/mol. The highest BCUT2D eigenvalue weighted by Crippen LogP contribution is 2.62. The van der Waals surface area contributed by atoms with Gasteiger partial charge < -0.3 is 4.90 Å². The van der Waals surface area contributed by atoms with Gasteiger partial charge >= 0.3 is 6.03 Å². The third kappa shape index (κ3) is 2.33. The van der Waals surface area contributed by atoms with Gasteiger partial charge in [-0.1, -0.05) is 50.3 Å². The molecule has 3 aliphatic carbocycles. The Morgan fingerprint density at radius 1 is 1.15 bits per heavy atom. The third-order valence-electron chi connectivity index (χ3n) is 7.28. The van der Waals surface area contributed by atoms with Crippen molar-refractivity contribution in [2.75, 3.05) is 13.6 Å². The summed E-state index contributed by atoms with van der Waals surface area (Å²) in [4.78, 5) is 41.5. The number of nitrogens with zero attached hydrogens (tertiary/aromatic N) is 2. The van der Waals surface area contributed by atoms with Gasteiger partial charge in [-0.3, -0.25) is 14.5 Å². The Bertz CT molecular complexity index is 858. The molecule has 1 saturated heterocycles. The summed E-state index contributed by atoms with van der Waals surface area (Å²) in [5, 5.41) is 0. The molecule has 5 heteroatoms. The number of ketones is 1. The maximum Gasteiger partial charge on any atom is 0.328 e. The number of fused-ring (bicyclic) bond motifs is 1. The molecule has 1 aliphatic heterocycles. The first-order valence-corrected chi connectivity index (χ1v) is 9.57. The molecule has 5 nitrogen and oxygen atoms in total. The van der Waals surface area contributed by atoms with E-state index in [1.807, 2.05) is 13.0 Å². The first kappa shape index (κ1) is 18.0. The van der Waals surface area contributed by atoms with Crippen molar-refractivity contribution in [3.05, 3.63) is 47.5 Å². The van der Waals surface area contributed by atoms with Gasteiger partial charge in [0.1, 0.15) is 5.54 Å². The molecule has 1 unspecified atom stereocenters. The van der Waals surface area contributed by atoms with Crippen LogP contribution in [0, 0.1) is 17.3 Å². The first-order chi connectivity index (χ1) is 12.7. The standard InChI is InChI=1S/C22H26N2O3/c1-21(2)15-10-11-16(17(21)12-15)22(3)19(26)24(20(27)23(22)4)13-18(25)14-8-6-5-7-9-14/h5-9,11,15,17H,10,12-13H2,1-4H3/t15-,17+,22?/m0/s1. The maximum absolute atomic E-state index is 13.4. The topological polar surface area (TPSA) is 57.7 Å².